The summed E-state index contributed by atoms with van der Waals surface area (Å²) in [5.41, 5.74) is 2.10. The van der Waals surface area contributed by atoms with Crippen LogP contribution in [0.1, 0.15) is 30.1 Å². The van der Waals surface area contributed by atoms with Crippen molar-refractivity contribution in [2.24, 2.45) is 0 Å². The molecule has 0 unspecified atom stereocenters. The lowest BCUT2D eigenvalue weighted by atomic mass is 10.1. The van der Waals surface area contributed by atoms with E-state index in [2.05, 4.69) is 21.8 Å². The first-order valence-corrected chi connectivity index (χ1v) is 8.51. The quantitative estimate of drug-likeness (QED) is 0.836. The van der Waals surface area contributed by atoms with E-state index in [9.17, 15) is 0 Å². The summed E-state index contributed by atoms with van der Waals surface area (Å²) in [6, 6.07) is 7.66. The number of aryl methyl sites for hydroxylation is 1. The molecule has 0 N–H and O–H groups in total. The fourth-order valence-electron chi connectivity index (χ4n) is 2.69. The fraction of sp³-hybridized carbons (Fsp3) is 0.412. The van der Waals surface area contributed by atoms with Gasteiger partial charge >= 0.3 is 0 Å². The SMILES string of the molecule is CCc1nccc(CN2CCO[C@H](c3ccc(Cl)c(Cl)c3)C2)n1. The van der Waals surface area contributed by atoms with Crippen LogP contribution in [0.2, 0.25) is 10.0 Å². The summed E-state index contributed by atoms with van der Waals surface area (Å²) in [5.74, 6) is 0.886. The first-order valence-electron chi connectivity index (χ1n) is 7.75. The Balaban J connectivity index is 1.69. The minimum absolute atomic E-state index is 0.00556. The van der Waals surface area contributed by atoms with Gasteiger partial charge in [-0.05, 0) is 23.8 Å². The molecule has 3 rings (SSSR count). The average molecular weight is 352 g/mol. The molecule has 0 amide bonds. The number of aromatic nitrogens is 2. The number of nitrogens with zero attached hydrogens (tertiary/aromatic N) is 3. The summed E-state index contributed by atoms with van der Waals surface area (Å²) in [5, 5.41) is 1.13. The molecule has 6 heteroatoms. The normalized spacial score (nSPS) is 19.0. The second-order valence-electron chi connectivity index (χ2n) is 5.59. The maximum absolute atomic E-state index is 6.11. The molecule has 1 aromatic heterocycles. The smallest absolute Gasteiger partial charge is 0.128 e. The van der Waals surface area contributed by atoms with Crippen molar-refractivity contribution in [3.63, 3.8) is 0 Å². The number of rotatable bonds is 4. The first-order chi connectivity index (χ1) is 11.2. The van der Waals surface area contributed by atoms with Crippen molar-refractivity contribution in [2.75, 3.05) is 19.7 Å². The summed E-state index contributed by atoms with van der Waals surface area (Å²) in [4.78, 5) is 11.2. The number of hydrogen-bond acceptors (Lipinski definition) is 4. The third-order valence-electron chi connectivity index (χ3n) is 3.93. The summed E-state index contributed by atoms with van der Waals surface area (Å²) < 4.78 is 5.90. The fourth-order valence-corrected chi connectivity index (χ4v) is 3.00. The average Bonchev–Trinajstić information content (AvgIpc) is 2.58. The zero-order valence-corrected chi connectivity index (χ0v) is 14.5. The van der Waals surface area contributed by atoms with E-state index >= 15 is 0 Å². The molecule has 1 aliphatic rings. The van der Waals surface area contributed by atoms with E-state index in [-0.39, 0.29) is 6.10 Å². The molecular weight excluding hydrogens is 333 g/mol. The minimum atomic E-state index is 0.00556. The highest BCUT2D eigenvalue weighted by molar-refractivity contribution is 6.42. The topological polar surface area (TPSA) is 38.2 Å². The molecule has 122 valence electrons. The van der Waals surface area contributed by atoms with E-state index < -0.39 is 0 Å². The van der Waals surface area contributed by atoms with Crippen LogP contribution >= 0.6 is 23.2 Å². The summed E-state index contributed by atoms with van der Waals surface area (Å²) in [6.45, 7) is 5.26. The molecule has 1 saturated heterocycles. The molecule has 1 fully saturated rings. The Labute approximate surface area is 146 Å². The number of halogens is 2. The summed E-state index contributed by atoms with van der Waals surface area (Å²) >= 11 is 12.1. The Morgan fingerprint density at radius 2 is 2.13 bits per heavy atom. The lowest BCUT2D eigenvalue weighted by Crippen LogP contribution is -2.38. The van der Waals surface area contributed by atoms with Gasteiger partial charge < -0.3 is 4.74 Å². The van der Waals surface area contributed by atoms with Gasteiger partial charge in [0, 0.05) is 32.3 Å². The largest absolute Gasteiger partial charge is 0.371 e. The molecule has 2 heterocycles. The molecule has 4 nitrogen and oxygen atoms in total. The second kappa shape index (κ2) is 7.58. The van der Waals surface area contributed by atoms with Crippen LogP contribution in [0.25, 0.3) is 0 Å². The van der Waals surface area contributed by atoms with Gasteiger partial charge in [-0.1, -0.05) is 36.2 Å². The molecular formula is C17H19Cl2N3O. The highest BCUT2D eigenvalue weighted by atomic mass is 35.5. The predicted octanol–water partition coefficient (Wildman–Crippen LogP) is 3.92. The van der Waals surface area contributed by atoms with Crippen LogP contribution < -0.4 is 0 Å². The third-order valence-corrected chi connectivity index (χ3v) is 4.67. The van der Waals surface area contributed by atoms with Gasteiger partial charge in [-0.15, -0.1) is 0 Å². The van der Waals surface area contributed by atoms with Gasteiger partial charge in [0.1, 0.15) is 5.82 Å². The zero-order valence-electron chi connectivity index (χ0n) is 13.0. The van der Waals surface area contributed by atoms with Crippen molar-refractivity contribution < 1.29 is 4.74 Å². The molecule has 2 aromatic rings. The molecule has 0 bridgehead atoms. The standard InChI is InChI=1S/C17H19Cl2N3O/c1-2-17-20-6-5-13(21-17)10-22-7-8-23-16(11-22)12-3-4-14(18)15(19)9-12/h3-6,9,16H,2,7-8,10-11H2,1H3/t16-/m0/s1. The number of hydrogen-bond donors (Lipinski definition) is 0. The number of benzene rings is 1. The first kappa shape index (κ1) is 16.7. The Morgan fingerprint density at radius 3 is 2.91 bits per heavy atom. The van der Waals surface area contributed by atoms with Crippen LogP contribution in [-0.4, -0.2) is 34.6 Å². The van der Waals surface area contributed by atoms with Crippen LogP contribution in [0.3, 0.4) is 0 Å². The zero-order chi connectivity index (χ0) is 16.2. The van der Waals surface area contributed by atoms with Gasteiger partial charge in [0.15, 0.2) is 0 Å². The Bertz CT molecular complexity index is 681. The van der Waals surface area contributed by atoms with E-state index in [4.69, 9.17) is 27.9 Å². The van der Waals surface area contributed by atoms with Crippen LogP contribution in [0, 0.1) is 0 Å². The maximum Gasteiger partial charge on any atom is 0.128 e. The lowest BCUT2D eigenvalue weighted by molar-refractivity contribution is -0.0333. The second-order valence-corrected chi connectivity index (χ2v) is 6.40. The van der Waals surface area contributed by atoms with Crippen molar-refractivity contribution in [1.82, 2.24) is 14.9 Å². The highest BCUT2D eigenvalue weighted by Crippen LogP contribution is 2.29. The van der Waals surface area contributed by atoms with Crippen molar-refractivity contribution in [3.8, 4) is 0 Å². The molecule has 1 aliphatic heterocycles. The van der Waals surface area contributed by atoms with Gasteiger partial charge in [0.05, 0.1) is 28.5 Å². The molecule has 0 saturated carbocycles. The van der Waals surface area contributed by atoms with Crippen LogP contribution in [0.15, 0.2) is 30.5 Å². The van der Waals surface area contributed by atoms with Crippen LogP contribution in [0.4, 0.5) is 0 Å². The molecule has 0 aliphatic carbocycles. The Morgan fingerprint density at radius 1 is 1.26 bits per heavy atom. The number of ether oxygens (including phenoxy) is 1. The molecule has 0 radical (unpaired) electrons. The van der Waals surface area contributed by atoms with E-state index in [0.717, 1.165) is 43.1 Å². The predicted molar refractivity (Wildman–Crippen MR) is 91.8 cm³/mol. The third kappa shape index (κ3) is 4.21. The van der Waals surface area contributed by atoms with E-state index in [0.29, 0.717) is 16.7 Å². The monoisotopic (exact) mass is 351 g/mol. The van der Waals surface area contributed by atoms with Crippen LogP contribution in [0.5, 0.6) is 0 Å². The highest BCUT2D eigenvalue weighted by Gasteiger charge is 2.23. The van der Waals surface area contributed by atoms with Gasteiger partial charge in [-0.2, -0.15) is 0 Å². The van der Waals surface area contributed by atoms with Gasteiger partial charge in [0.25, 0.3) is 0 Å². The molecule has 23 heavy (non-hydrogen) atoms. The lowest BCUT2D eigenvalue weighted by Gasteiger charge is -2.33. The van der Waals surface area contributed by atoms with Crippen molar-refractivity contribution in [2.45, 2.75) is 26.0 Å². The molecule has 1 atom stereocenters. The van der Waals surface area contributed by atoms with E-state index in [1.807, 2.05) is 30.5 Å². The number of morpholine rings is 1. The maximum atomic E-state index is 6.11. The summed E-state index contributed by atoms with van der Waals surface area (Å²) in [6.07, 6.45) is 2.69. The molecule has 1 aromatic carbocycles. The minimum Gasteiger partial charge on any atom is -0.371 e. The van der Waals surface area contributed by atoms with Crippen molar-refractivity contribution in [1.29, 1.82) is 0 Å². The molecule has 0 spiro atoms. The van der Waals surface area contributed by atoms with Crippen LogP contribution in [-0.2, 0) is 17.7 Å². The van der Waals surface area contributed by atoms with Gasteiger partial charge in [0.2, 0.25) is 0 Å². The van der Waals surface area contributed by atoms with Crippen molar-refractivity contribution >= 4 is 23.2 Å². The van der Waals surface area contributed by atoms with E-state index in [1.165, 1.54) is 0 Å². The Kier molecular flexibility index (Phi) is 5.49. The Hall–Kier alpha value is -1.20. The van der Waals surface area contributed by atoms with E-state index in [1.54, 1.807) is 0 Å². The van der Waals surface area contributed by atoms with Gasteiger partial charge in [-0.3, -0.25) is 4.90 Å². The van der Waals surface area contributed by atoms with Gasteiger partial charge in [-0.25, -0.2) is 9.97 Å². The van der Waals surface area contributed by atoms with Crippen molar-refractivity contribution in [3.05, 3.63) is 57.6 Å². The summed E-state index contributed by atoms with van der Waals surface area (Å²) in [7, 11) is 0.